The van der Waals surface area contributed by atoms with Crippen LogP contribution in [0.2, 0.25) is 0 Å². The summed E-state index contributed by atoms with van der Waals surface area (Å²) in [6.45, 7) is -0.179. The predicted octanol–water partition coefficient (Wildman–Crippen LogP) is 3.38. The molecule has 0 saturated heterocycles. The van der Waals surface area contributed by atoms with Crippen LogP contribution in [-0.2, 0) is 6.61 Å². The number of nitrogens with one attached hydrogen (secondary N) is 1. The van der Waals surface area contributed by atoms with Gasteiger partial charge in [0.05, 0.1) is 25.1 Å². The molecular formula is C17H15FN2O2. The van der Waals surface area contributed by atoms with Crippen molar-refractivity contribution in [3.8, 4) is 28.4 Å². The zero-order chi connectivity index (χ0) is 15.5. The first-order chi connectivity index (χ1) is 10.7. The number of rotatable bonds is 4. The first-order valence-corrected chi connectivity index (χ1v) is 6.82. The Morgan fingerprint density at radius 3 is 2.55 bits per heavy atom. The normalized spacial score (nSPS) is 10.7. The van der Waals surface area contributed by atoms with Crippen molar-refractivity contribution in [1.29, 1.82) is 0 Å². The van der Waals surface area contributed by atoms with E-state index in [9.17, 15) is 9.50 Å². The summed E-state index contributed by atoms with van der Waals surface area (Å²) in [4.78, 5) is 7.62. The van der Waals surface area contributed by atoms with E-state index in [0.717, 1.165) is 11.1 Å². The third kappa shape index (κ3) is 2.58. The third-order valence-electron chi connectivity index (χ3n) is 3.42. The number of aromatic nitrogens is 2. The number of methoxy groups -OCH3 is 1. The van der Waals surface area contributed by atoms with Crippen molar-refractivity contribution < 1.29 is 14.2 Å². The van der Waals surface area contributed by atoms with Crippen LogP contribution in [0, 0.1) is 5.82 Å². The molecule has 2 aromatic carbocycles. The number of nitrogens with zero attached hydrogens (tertiary/aromatic N) is 1. The summed E-state index contributed by atoms with van der Waals surface area (Å²) in [6.07, 6.45) is 0. The van der Waals surface area contributed by atoms with Gasteiger partial charge in [0.15, 0.2) is 0 Å². The molecule has 0 unspecified atom stereocenters. The number of hydrogen-bond donors (Lipinski definition) is 2. The van der Waals surface area contributed by atoms with E-state index in [4.69, 9.17) is 4.74 Å². The van der Waals surface area contributed by atoms with E-state index >= 15 is 0 Å². The fourth-order valence-electron chi connectivity index (χ4n) is 2.33. The first kappa shape index (κ1) is 14.3. The second-order valence-electron chi connectivity index (χ2n) is 4.78. The molecule has 0 amide bonds. The number of aromatic amines is 1. The van der Waals surface area contributed by atoms with Crippen LogP contribution >= 0.6 is 0 Å². The van der Waals surface area contributed by atoms with Crippen molar-refractivity contribution in [2.75, 3.05) is 7.11 Å². The van der Waals surface area contributed by atoms with Gasteiger partial charge in [0.1, 0.15) is 17.4 Å². The molecule has 22 heavy (non-hydrogen) atoms. The van der Waals surface area contributed by atoms with Crippen molar-refractivity contribution in [2.45, 2.75) is 6.61 Å². The smallest absolute Gasteiger partial charge is 0.138 e. The van der Waals surface area contributed by atoms with Crippen molar-refractivity contribution >= 4 is 0 Å². The quantitative estimate of drug-likeness (QED) is 0.776. The van der Waals surface area contributed by atoms with E-state index in [1.165, 1.54) is 12.1 Å². The zero-order valence-corrected chi connectivity index (χ0v) is 12.0. The molecule has 0 aliphatic carbocycles. The lowest BCUT2D eigenvalue weighted by Gasteiger charge is -2.06. The number of H-pyrrole nitrogens is 1. The maximum atomic E-state index is 13.0. The molecule has 0 fully saturated rings. The highest BCUT2D eigenvalue weighted by Gasteiger charge is 2.16. The van der Waals surface area contributed by atoms with Gasteiger partial charge in [0, 0.05) is 11.1 Å². The van der Waals surface area contributed by atoms with Gasteiger partial charge in [-0.25, -0.2) is 9.37 Å². The molecule has 0 atom stereocenters. The van der Waals surface area contributed by atoms with Gasteiger partial charge >= 0.3 is 0 Å². The van der Waals surface area contributed by atoms with Crippen molar-refractivity contribution in [3.05, 3.63) is 60.0 Å². The Morgan fingerprint density at radius 1 is 1.14 bits per heavy atom. The molecule has 0 spiro atoms. The van der Waals surface area contributed by atoms with Crippen molar-refractivity contribution in [2.24, 2.45) is 0 Å². The average molecular weight is 298 g/mol. The van der Waals surface area contributed by atoms with Crippen LogP contribution in [0.25, 0.3) is 22.6 Å². The fourth-order valence-corrected chi connectivity index (χ4v) is 2.33. The minimum absolute atomic E-state index is 0.179. The molecule has 0 bridgehead atoms. The van der Waals surface area contributed by atoms with Crippen LogP contribution in [-0.4, -0.2) is 22.2 Å². The van der Waals surface area contributed by atoms with Crippen LogP contribution in [0.15, 0.2) is 48.5 Å². The summed E-state index contributed by atoms with van der Waals surface area (Å²) in [5.74, 6) is 0.946. The summed E-state index contributed by atoms with van der Waals surface area (Å²) in [5.41, 5.74) is 2.75. The molecule has 3 rings (SSSR count). The molecular weight excluding hydrogens is 283 g/mol. The highest BCUT2D eigenvalue weighted by atomic mass is 19.1. The molecule has 1 heterocycles. The van der Waals surface area contributed by atoms with Gasteiger partial charge in [-0.05, 0) is 36.4 Å². The molecule has 4 nitrogen and oxygen atoms in total. The van der Waals surface area contributed by atoms with Gasteiger partial charge in [-0.2, -0.15) is 0 Å². The molecule has 0 aliphatic heterocycles. The van der Waals surface area contributed by atoms with Gasteiger partial charge in [0.25, 0.3) is 0 Å². The molecule has 112 valence electrons. The summed E-state index contributed by atoms with van der Waals surface area (Å²) in [5, 5.41) is 9.58. The Labute approximate surface area is 127 Å². The average Bonchev–Trinajstić information content (AvgIpc) is 2.99. The number of ether oxygens (including phenoxy) is 1. The van der Waals surface area contributed by atoms with Crippen molar-refractivity contribution in [3.63, 3.8) is 0 Å². The van der Waals surface area contributed by atoms with E-state index in [2.05, 4.69) is 9.97 Å². The molecule has 2 N–H and O–H groups in total. The predicted molar refractivity (Wildman–Crippen MR) is 81.9 cm³/mol. The minimum atomic E-state index is -0.303. The van der Waals surface area contributed by atoms with Crippen LogP contribution in [0.1, 0.15) is 5.69 Å². The monoisotopic (exact) mass is 298 g/mol. The van der Waals surface area contributed by atoms with Gasteiger partial charge in [-0.15, -0.1) is 0 Å². The SMILES string of the molecule is COc1ccccc1-c1nc(-c2ccc(F)cc2)[nH]c1CO. The highest BCUT2D eigenvalue weighted by molar-refractivity contribution is 5.72. The summed E-state index contributed by atoms with van der Waals surface area (Å²) in [7, 11) is 1.59. The summed E-state index contributed by atoms with van der Waals surface area (Å²) >= 11 is 0. The molecule has 1 aromatic heterocycles. The fraction of sp³-hybridized carbons (Fsp3) is 0.118. The van der Waals surface area contributed by atoms with Crippen LogP contribution in [0.3, 0.4) is 0 Å². The van der Waals surface area contributed by atoms with Gasteiger partial charge in [-0.3, -0.25) is 0 Å². The number of para-hydroxylation sites is 1. The van der Waals surface area contributed by atoms with Crippen LogP contribution in [0.4, 0.5) is 4.39 Å². The maximum absolute atomic E-state index is 13.0. The molecule has 0 aliphatic rings. The molecule has 5 heteroatoms. The van der Waals surface area contributed by atoms with Gasteiger partial charge < -0.3 is 14.8 Å². The van der Waals surface area contributed by atoms with E-state index in [0.29, 0.717) is 23.0 Å². The molecule has 0 saturated carbocycles. The number of aliphatic hydroxyl groups excluding tert-OH is 1. The van der Waals surface area contributed by atoms with Gasteiger partial charge in [-0.1, -0.05) is 12.1 Å². The van der Waals surface area contributed by atoms with Crippen LogP contribution < -0.4 is 4.74 Å². The topological polar surface area (TPSA) is 58.1 Å². The number of hydrogen-bond acceptors (Lipinski definition) is 3. The second-order valence-corrected chi connectivity index (χ2v) is 4.78. The van der Waals surface area contributed by atoms with E-state index < -0.39 is 0 Å². The Bertz CT molecular complexity index is 782. The van der Waals surface area contributed by atoms with E-state index in [1.807, 2.05) is 24.3 Å². The largest absolute Gasteiger partial charge is 0.496 e. The number of halogens is 1. The van der Waals surface area contributed by atoms with Crippen molar-refractivity contribution in [1.82, 2.24) is 9.97 Å². The Morgan fingerprint density at radius 2 is 1.86 bits per heavy atom. The first-order valence-electron chi connectivity index (χ1n) is 6.82. The minimum Gasteiger partial charge on any atom is -0.496 e. The Hall–Kier alpha value is -2.66. The Kier molecular flexibility index (Phi) is 3.89. The zero-order valence-electron chi connectivity index (χ0n) is 12.0. The molecule has 0 radical (unpaired) electrons. The lowest BCUT2D eigenvalue weighted by molar-refractivity contribution is 0.278. The third-order valence-corrected chi connectivity index (χ3v) is 3.42. The second kappa shape index (κ2) is 5.99. The number of benzene rings is 2. The summed E-state index contributed by atoms with van der Waals surface area (Å²) in [6, 6.07) is 13.5. The number of aliphatic hydroxyl groups is 1. The van der Waals surface area contributed by atoms with E-state index in [1.54, 1.807) is 19.2 Å². The maximum Gasteiger partial charge on any atom is 0.138 e. The highest BCUT2D eigenvalue weighted by Crippen LogP contribution is 2.32. The molecule has 3 aromatic rings. The summed E-state index contributed by atoms with van der Waals surface area (Å²) < 4.78 is 18.4. The Balaban J connectivity index is 2.11. The lowest BCUT2D eigenvalue weighted by atomic mass is 10.1. The number of imidazole rings is 1. The standard InChI is InChI=1S/C17H15FN2O2/c1-22-15-5-3-2-4-13(15)16-14(10-21)19-17(20-16)11-6-8-12(18)9-7-11/h2-9,21H,10H2,1H3,(H,19,20). The van der Waals surface area contributed by atoms with Gasteiger partial charge in [0.2, 0.25) is 0 Å². The van der Waals surface area contributed by atoms with E-state index in [-0.39, 0.29) is 12.4 Å². The van der Waals surface area contributed by atoms with Crippen LogP contribution in [0.5, 0.6) is 5.75 Å². The lowest BCUT2D eigenvalue weighted by Crippen LogP contribution is -1.91.